The summed E-state index contributed by atoms with van der Waals surface area (Å²) >= 11 is 0. The van der Waals surface area contributed by atoms with Crippen LogP contribution >= 0.6 is 0 Å². The Labute approximate surface area is 142 Å². The zero-order valence-corrected chi connectivity index (χ0v) is 13.2. The molecule has 0 aromatic heterocycles. The highest BCUT2D eigenvalue weighted by molar-refractivity contribution is 6.04. The maximum atomic E-state index is 13.5. The summed E-state index contributed by atoms with van der Waals surface area (Å²) in [5.41, 5.74) is -0.652. The number of hydrogen-bond donors (Lipinski definition) is 3. The van der Waals surface area contributed by atoms with E-state index in [9.17, 15) is 23.5 Å². The van der Waals surface area contributed by atoms with Crippen LogP contribution in [0, 0.1) is 11.6 Å². The lowest BCUT2D eigenvalue weighted by Gasteiger charge is -2.21. The van der Waals surface area contributed by atoms with Gasteiger partial charge in [-0.3, -0.25) is 9.59 Å². The molecule has 0 saturated carbocycles. The number of benzene rings is 2. The van der Waals surface area contributed by atoms with Gasteiger partial charge in [-0.25, -0.2) is 8.78 Å². The molecule has 1 atom stereocenters. The first kappa shape index (κ1) is 17.0. The van der Waals surface area contributed by atoms with E-state index in [0.717, 1.165) is 6.07 Å². The molecule has 7 heteroatoms. The van der Waals surface area contributed by atoms with Crippen molar-refractivity contribution in [2.24, 2.45) is 0 Å². The fourth-order valence-electron chi connectivity index (χ4n) is 2.83. The topological polar surface area (TPSA) is 78.4 Å². The van der Waals surface area contributed by atoms with Crippen molar-refractivity contribution < 1.29 is 23.5 Å². The second-order valence-corrected chi connectivity index (χ2v) is 5.87. The highest BCUT2D eigenvalue weighted by Gasteiger charge is 2.44. The van der Waals surface area contributed by atoms with Crippen LogP contribution in [-0.4, -0.2) is 23.5 Å². The van der Waals surface area contributed by atoms with Crippen LogP contribution in [0.15, 0.2) is 42.5 Å². The quantitative estimate of drug-likeness (QED) is 0.773. The number of carbonyl (C=O) groups is 2. The predicted octanol–water partition coefficient (Wildman–Crippen LogP) is 1.85. The number of carbonyl (C=O) groups excluding carboxylic acids is 2. The molecule has 0 saturated heterocycles. The van der Waals surface area contributed by atoms with Crippen molar-refractivity contribution in [2.75, 3.05) is 11.9 Å². The SMILES string of the molecule is O=C(Cc1ccc(F)cc1F)NCCC1(O)C(=O)Nc2ccccc21. The molecule has 0 bridgehead atoms. The number of anilines is 1. The van der Waals surface area contributed by atoms with Crippen LogP contribution in [0.1, 0.15) is 17.5 Å². The number of nitrogens with one attached hydrogen (secondary N) is 2. The average molecular weight is 346 g/mol. The molecule has 2 amide bonds. The minimum Gasteiger partial charge on any atom is -0.375 e. The van der Waals surface area contributed by atoms with E-state index in [4.69, 9.17) is 0 Å². The van der Waals surface area contributed by atoms with Crippen molar-refractivity contribution in [3.8, 4) is 0 Å². The number of halogens is 2. The van der Waals surface area contributed by atoms with E-state index in [1.807, 2.05) is 0 Å². The van der Waals surface area contributed by atoms with Crippen molar-refractivity contribution in [3.63, 3.8) is 0 Å². The molecule has 0 radical (unpaired) electrons. The van der Waals surface area contributed by atoms with Gasteiger partial charge in [0.25, 0.3) is 5.91 Å². The maximum absolute atomic E-state index is 13.5. The minimum atomic E-state index is -1.72. The number of amides is 2. The van der Waals surface area contributed by atoms with Gasteiger partial charge in [-0.1, -0.05) is 24.3 Å². The van der Waals surface area contributed by atoms with Gasteiger partial charge in [0.2, 0.25) is 5.91 Å². The Bertz CT molecular complexity index is 841. The Morgan fingerprint density at radius 2 is 1.96 bits per heavy atom. The predicted molar refractivity (Wildman–Crippen MR) is 86.7 cm³/mol. The lowest BCUT2D eigenvalue weighted by molar-refractivity contribution is -0.134. The number of fused-ring (bicyclic) bond motifs is 1. The molecule has 0 aliphatic carbocycles. The van der Waals surface area contributed by atoms with Crippen molar-refractivity contribution in [2.45, 2.75) is 18.4 Å². The molecule has 0 spiro atoms. The molecule has 1 heterocycles. The molecule has 3 N–H and O–H groups in total. The highest BCUT2D eigenvalue weighted by atomic mass is 19.1. The zero-order valence-electron chi connectivity index (χ0n) is 13.2. The van der Waals surface area contributed by atoms with Gasteiger partial charge in [0, 0.05) is 30.3 Å². The molecule has 2 aromatic carbocycles. The van der Waals surface area contributed by atoms with E-state index in [2.05, 4.69) is 10.6 Å². The lowest BCUT2D eigenvalue weighted by Crippen LogP contribution is -2.38. The first-order valence-electron chi connectivity index (χ1n) is 7.74. The van der Waals surface area contributed by atoms with Gasteiger partial charge in [-0.2, -0.15) is 0 Å². The summed E-state index contributed by atoms with van der Waals surface area (Å²) in [7, 11) is 0. The van der Waals surface area contributed by atoms with Gasteiger partial charge in [-0.15, -0.1) is 0 Å². The first-order chi connectivity index (χ1) is 11.9. The molecule has 130 valence electrons. The Balaban J connectivity index is 1.59. The summed E-state index contributed by atoms with van der Waals surface area (Å²) in [6.45, 7) is 0.0277. The van der Waals surface area contributed by atoms with E-state index < -0.39 is 29.0 Å². The third kappa shape index (κ3) is 3.36. The number of para-hydroxylation sites is 1. The summed E-state index contributed by atoms with van der Waals surface area (Å²) < 4.78 is 26.4. The largest absolute Gasteiger partial charge is 0.375 e. The lowest BCUT2D eigenvalue weighted by atomic mass is 9.92. The Morgan fingerprint density at radius 3 is 2.72 bits per heavy atom. The summed E-state index contributed by atoms with van der Waals surface area (Å²) in [6, 6.07) is 9.77. The van der Waals surface area contributed by atoms with Crippen molar-refractivity contribution >= 4 is 17.5 Å². The fourth-order valence-corrected chi connectivity index (χ4v) is 2.83. The highest BCUT2D eigenvalue weighted by Crippen LogP contribution is 2.37. The van der Waals surface area contributed by atoms with E-state index in [-0.39, 0.29) is 24.9 Å². The van der Waals surface area contributed by atoms with Gasteiger partial charge in [-0.05, 0) is 17.7 Å². The van der Waals surface area contributed by atoms with Crippen LogP contribution in [0.25, 0.3) is 0 Å². The van der Waals surface area contributed by atoms with E-state index >= 15 is 0 Å². The molecular weight excluding hydrogens is 330 g/mol. The number of rotatable bonds is 5. The summed E-state index contributed by atoms with van der Waals surface area (Å²) in [6.07, 6.45) is -0.277. The molecule has 25 heavy (non-hydrogen) atoms. The van der Waals surface area contributed by atoms with E-state index in [1.165, 1.54) is 6.07 Å². The standard InChI is InChI=1S/C18H16F2N2O3/c19-12-6-5-11(14(20)10-12)9-16(23)21-8-7-18(25)13-3-1-2-4-15(13)22-17(18)24/h1-6,10,25H,7-9H2,(H,21,23)(H,22,24). The molecular formula is C18H16F2N2O3. The van der Waals surface area contributed by atoms with Crippen LogP contribution < -0.4 is 10.6 Å². The van der Waals surface area contributed by atoms with Gasteiger partial charge < -0.3 is 15.7 Å². The van der Waals surface area contributed by atoms with Gasteiger partial charge in [0.15, 0.2) is 5.60 Å². The molecule has 3 rings (SSSR count). The van der Waals surface area contributed by atoms with E-state index in [0.29, 0.717) is 17.3 Å². The van der Waals surface area contributed by atoms with E-state index in [1.54, 1.807) is 24.3 Å². The normalized spacial score (nSPS) is 18.6. The van der Waals surface area contributed by atoms with Crippen LogP contribution in [0.4, 0.5) is 14.5 Å². The third-order valence-corrected chi connectivity index (χ3v) is 4.17. The number of hydrogen-bond acceptors (Lipinski definition) is 3. The summed E-state index contributed by atoms with van der Waals surface area (Å²) in [4.78, 5) is 23.9. The molecule has 1 aliphatic rings. The fraction of sp³-hybridized carbons (Fsp3) is 0.222. The van der Waals surface area contributed by atoms with Crippen molar-refractivity contribution in [1.82, 2.24) is 5.32 Å². The zero-order chi connectivity index (χ0) is 18.0. The second-order valence-electron chi connectivity index (χ2n) is 5.87. The summed E-state index contributed by atoms with van der Waals surface area (Å²) in [5, 5.41) is 15.8. The number of aliphatic hydroxyl groups is 1. The Hall–Kier alpha value is -2.80. The summed E-state index contributed by atoms with van der Waals surface area (Å²) in [5.74, 6) is -2.54. The van der Waals surface area contributed by atoms with Crippen LogP contribution in [-0.2, 0) is 21.6 Å². The van der Waals surface area contributed by atoms with Crippen molar-refractivity contribution in [3.05, 3.63) is 65.2 Å². The van der Waals surface area contributed by atoms with Gasteiger partial charge in [0.05, 0.1) is 6.42 Å². The molecule has 5 nitrogen and oxygen atoms in total. The third-order valence-electron chi connectivity index (χ3n) is 4.17. The minimum absolute atomic E-state index is 0.0204. The maximum Gasteiger partial charge on any atom is 0.261 e. The smallest absolute Gasteiger partial charge is 0.261 e. The molecule has 2 aromatic rings. The van der Waals surface area contributed by atoms with Crippen LogP contribution in [0.3, 0.4) is 0 Å². The first-order valence-corrected chi connectivity index (χ1v) is 7.74. The Kier molecular flexibility index (Phi) is 4.50. The van der Waals surface area contributed by atoms with Gasteiger partial charge in [0.1, 0.15) is 11.6 Å². The van der Waals surface area contributed by atoms with Crippen molar-refractivity contribution in [1.29, 1.82) is 0 Å². The average Bonchev–Trinajstić information content (AvgIpc) is 2.82. The Morgan fingerprint density at radius 1 is 1.20 bits per heavy atom. The molecule has 1 aliphatic heterocycles. The molecule has 1 unspecified atom stereocenters. The van der Waals surface area contributed by atoms with Crippen LogP contribution in [0.2, 0.25) is 0 Å². The second kappa shape index (κ2) is 6.60. The molecule has 0 fully saturated rings. The monoisotopic (exact) mass is 346 g/mol. The van der Waals surface area contributed by atoms with Gasteiger partial charge >= 0.3 is 0 Å². The van der Waals surface area contributed by atoms with Crippen LogP contribution in [0.5, 0.6) is 0 Å².